The Balaban J connectivity index is 1.58. The summed E-state index contributed by atoms with van der Waals surface area (Å²) < 4.78 is 1.64. The molecule has 3 aromatic heterocycles. The molecule has 0 bridgehead atoms. The zero-order valence-electron chi connectivity index (χ0n) is 13.9. The lowest BCUT2D eigenvalue weighted by molar-refractivity contribution is -0.121. The normalized spacial score (nSPS) is 10.6. The Morgan fingerprint density at radius 3 is 2.84 bits per heavy atom. The fraction of sp³-hybridized carbons (Fsp3) is 0.250. The van der Waals surface area contributed by atoms with E-state index in [4.69, 9.17) is 0 Å². The van der Waals surface area contributed by atoms with E-state index in [0.717, 1.165) is 17.0 Å². The summed E-state index contributed by atoms with van der Waals surface area (Å²) in [7, 11) is 0. The minimum atomic E-state index is -0.417. The van der Waals surface area contributed by atoms with Gasteiger partial charge in [-0.3, -0.25) is 25.4 Å². The number of carbonyl (C=O) groups is 2. The summed E-state index contributed by atoms with van der Waals surface area (Å²) in [5.41, 5.74) is 7.78. The van der Waals surface area contributed by atoms with E-state index in [9.17, 15) is 9.59 Å². The van der Waals surface area contributed by atoms with Crippen LogP contribution in [0.5, 0.6) is 0 Å². The number of aryl methyl sites for hydroxylation is 2. The molecule has 9 nitrogen and oxygen atoms in total. The minimum Gasteiger partial charge on any atom is -0.273 e. The number of hydrogen-bond donors (Lipinski definition) is 2. The molecule has 3 heterocycles. The van der Waals surface area contributed by atoms with Crippen LogP contribution in [-0.2, 0) is 11.2 Å². The monoisotopic (exact) mass is 339 g/mol. The second kappa shape index (κ2) is 7.04. The van der Waals surface area contributed by atoms with Gasteiger partial charge in [-0.1, -0.05) is 0 Å². The molecule has 0 unspecified atom stereocenters. The first-order chi connectivity index (χ1) is 12.1. The van der Waals surface area contributed by atoms with Gasteiger partial charge in [0, 0.05) is 30.2 Å². The summed E-state index contributed by atoms with van der Waals surface area (Å²) >= 11 is 0. The van der Waals surface area contributed by atoms with Crippen LogP contribution in [0.4, 0.5) is 0 Å². The number of hydrazine groups is 1. The molecule has 0 aliphatic carbocycles. The highest BCUT2D eigenvalue weighted by atomic mass is 16.2. The third kappa shape index (κ3) is 3.60. The quantitative estimate of drug-likeness (QED) is 0.670. The first-order valence-electron chi connectivity index (χ1n) is 7.71. The molecule has 3 rings (SSSR count). The van der Waals surface area contributed by atoms with Crippen molar-refractivity contribution >= 4 is 17.6 Å². The maximum absolute atomic E-state index is 12.0. The predicted molar refractivity (Wildman–Crippen MR) is 88.4 cm³/mol. The van der Waals surface area contributed by atoms with Crippen molar-refractivity contribution in [3.63, 3.8) is 0 Å². The number of nitrogens with zero attached hydrogens (tertiary/aromatic N) is 5. The van der Waals surface area contributed by atoms with Crippen LogP contribution in [0.2, 0.25) is 0 Å². The van der Waals surface area contributed by atoms with Crippen molar-refractivity contribution in [3.8, 4) is 0 Å². The van der Waals surface area contributed by atoms with Crippen molar-refractivity contribution in [2.45, 2.75) is 26.7 Å². The molecule has 0 atom stereocenters. The maximum Gasteiger partial charge on any atom is 0.271 e. The Hall–Kier alpha value is -3.36. The Morgan fingerprint density at radius 2 is 2.08 bits per heavy atom. The Kier molecular flexibility index (Phi) is 4.64. The maximum atomic E-state index is 12.0. The van der Waals surface area contributed by atoms with E-state index in [1.165, 1.54) is 12.5 Å². The Labute approximate surface area is 143 Å². The van der Waals surface area contributed by atoms with Gasteiger partial charge in [0.1, 0.15) is 6.33 Å². The number of amides is 2. The van der Waals surface area contributed by atoms with E-state index in [2.05, 4.69) is 30.9 Å². The fourth-order valence-corrected chi connectivity index (χ4v) is 2.51. The summed E-state index contributed by atoms with van der Waals surface area (Å²) in [5.74, 6) is -0.179. The van der Waals surface area contributed by atoms with Gasteiger partial charge < -0.3 is 0 Å². The van der Waals surface area contributed by atoms with Crippen molar-refractivity contribution < 1.29 is 9.59 Å². The Bertz CT molecular complexity index is 921. The van der Waals surface area contributed by atoms with Crippen LogP contribution in [0.3, 0.4) is 0 Å². The lowest BCUT2D eigenvalue weighted by atomic mass is 10.1. The van der Waals surface area contributed by atoms with Crippen LogP contribution >= 0.6 is 0 Å². The van der Waals surface area contributed by atoms with Crippen LogP contribution in [0, 0.1) is 13.8 Å². The van der Waals surface area contributed by atoms with E-state index in [1.807, 2.05) is 13.8 Å². The molecule has 0 saturated heterocycles. The molecule has 25 heavy (non-hydrogen) atoms. The summed E-state index contributed by atoms with van der Waals surface area (Å²) in [6.07, 6.45) is 5.12. The van der Waals surface area contributed by atoms with Gasteiger partial charge in [0.15, 0.2) is 0 Å². The van der Waals surface area contributed by atoms with E-state index < -0.39 is 5.91 Å². The molecular formula is C16H17N7O2. The topological polar surface area (TPSA) is 114 Å². The van der Waals surface area contributed by atoms with Crippen LogP contribution in [0.1, 0.15) is 33.7 Å². The van der Waals surface area contributed by atoms with Gasteiger partial charge in [-0.25, -0.2) is 9.50 Å². The molecule has 2 amide bonds. The molecule has 0 spiro atoms. The SMILES string of the molecule is Cc1nc2ncnn2c(C)c1CCC(=O)NNC(=O)c1cccnc1. The highest BCUT2D eigenvalue weighted by Gasteiger charge is 2.13. The van der Waals surface area contributed by atoms with Crippen LogP contribution in [0.15, 0.2) is 30.9 Å². The number of hydrogen-bond acceptors (Lipinski definition) is 6. The smallest absolute Gasteiger partial charge is 0.271 e. The minimum absolute atomic E-state index is 0.205. The molecule has 0 radical (unpaired) electrons. The molecule has 9 heteroatoms. The first-order valence-corrected chi connectivity index (χ1v) is 7.71. The zero-order valence-corrected chi connectivity index (χ0v) is 13.9. The van der Waals surface area contributed by atoms with E-state index in [1.54, 1.807) is 22.8 Å². The summed E-state index contributed by atoms with van der Waals surface area (Å²) in [5, 5.41) is 4.12. The molecule has 0 aliphatic heterocycles. The van der Waals surface area contributed by atoms with Gasteiger partial charge in [0.2, 0.25) is 5.91 Å². The van der Waals surface area contributed by atoms with Gasteiger partial charge in [-0.2, -0.15) is 10.1 Å². The van der Waals surface area contributed by atoms with Crippen molar-refractivity contribution in [3.05, 3.63) is 53.4 Å². The molecule has 2 N–H and O–H groups in total. The largest absolute Gasteiger partial charge is 0.273 e. The molecule has 128 valence electrons. The van der Waals surface area contributed by atoms with E-state index in [0.29, 0.717) is 17.8 Å². The summed E-state index contributed by atoms with van der Waals surface area (Å²) in [6, 6.07) is 3.26. The highest BCUT2D eigenvalue weighted by Crippen LogP contribution is 2.14. The second-order valence-electron chi connectivity index (χ2n) is 5.48. The molecule has 0 aromatic carbocycles. The standard InChI is InChI=1S/C16H17N7O2/c1-10-13(11(2)23-16(20-10)18-9-19-23)5-6-14(24)21-22-15(25)12-4-3-7-17-8-12/h3-4,7-9H,5-6H2,1-2H3,(H,21,24)(H,22,25). The molecule has 3 aromatic rings. The first kappa shape index (κ1) is 16.5. The van der Waals surface area contributed by atoms with Crippen LogP contribution in [0.25, 0.3) is 5.78 Å². The number of pyridine rings is 1. The van der Waals surface area contributed by atoms with Crippen molar-refractivity contribution in [2.75, 3.05) is 0 Å². The average molecular weight is 339 g/mol. The lowest BCUT2D eigenvalue weighted by Gasteiger charge is -2.11. The highest BCUT2D eigenvalue weighted by molar-refractivity contribution is 5.95. The lowest BCUT2D eigenvalue weighted by Crippen LogP contribution is -2.41. The average Bonchev–Trinajstić information content (AvgIpc) is 3.08. The third-order valence-corrected chi connectivity index (χ3v) is 3.83. The van der Waals surface area contributed by atoms with Crippen molar-refractivity contribution in [2.24, 2.45) is 0 Å². The molecule has 0 saturated carbocycles. The summed E-state index contributed by atoms with van der Waals surface area (Å²) in [4.78, 5) is 36.1. The summed E-state index contributed by atoms with van der Waals surface area (Å²) in [6.45, 7) is 3.78. The molecule has 0 fully saturated rings. The molecular weight excluding hydrogens is 322 g/mol. The van der Waals surface area contributed by atoms with Crippen LogP contribution in [-0.4, -0.2) is 36.4 Å². The second-order valence-corrected chi connectivity index (χ2v) is 5.48. The number of rotatable bonds is 4. The predicted octanol–water partition coefficient (Wildman–Crippen LogP) is 0.530. The van der Waals surface area contributed by atoms with Gasteiger partial charge >= 0.3 is 0 Å². The number of fused-ring (bicyclic) bond motifs is 1. The zero-order chi connectivity index (χ0) is 17.8. The number of nitrogens with one attached hydrogen (secondary N) is 2. The van der Waals surface area contributed by atoms with Gasteiger partial charge in [0.25, 0.3) is 11.7 Å². The van der Waals surface area contributed by atoms with Crippen molar-refractivity contribution in [1.82, 2.24) is 35.4 Å². The van der Waals surface area contributed by atoms with E-state index in [-0.39, 0.29) is 12.3 Å². The fourth-order valence-electron chi connectivity index (χ4n) is 2.51. The van der Waals surface area contributed by atoms with E-state index >= 15 is 0 Å². The van der Waals surface area contributed by atoms with Gasteiger partial charge in [-0.05, 0) is 38.0 Å². The number of carbonyl (C=O) groups excluding carboxylic acids is 2. The van der Waals surface area contributed by atoms with Gasteiger partial charge in [-0.15, -0.1) is 0 Å². The number of aromatic nitrogens is 5. The molecule has 0 aliphatic rings. The van der Waals surface area contributed by atoms with Gasteiger partial charge in [0.05, 0.1) is 5.56 Å². The van der Waals surface area contributed by atoms with Crippen molar-refractivity contribution in [1.29, 1.82) is 0 Å². The van der Waals surface area contributed by atoms with Crippen LogP contribution < -0.4 is 10.9 Å². The Morgan fingerprint density at radius 1 is 1.24 bits per heavy atom. The third-order valence-electron chi connectivity index (χ3n) is 3.83.